The second-order valence-electron chi connectivity index (χ2n) is 3.67. The van der Waals surface area contributed by atoms with Crippen molar-refractivity contribution in [3.63, 3.8) is 0 Å². The minimum absolute atomic E-state index is 0.136. The first-order valence-corrected chi connectivity index (χ1v) is 4.20. The predicted octanol–water partition coefficient (Wildman–Crippen LogP) is 0.402. The molecule has 1 aromatic heterocycles. The van der Waals surface area contributed by atoms with Crippen molar-refractivity contribution in [2.45, 2.75) is 25.7 Å². The summed E-state index contributed by atoms with van der Waals surface area (Å²) in [5.41, 5.74) is -0.190. The molecule has 0 spiro atoms. The van der Waals surface area contributed by atoms with Crippen LogP contribution in [0, 0.1) is 6.33 Å². The zero-order valence-corrected chi connectivity index (χ0v) is 7.73. The molecule has 0 aliphatic carbocycles. The van der Waals surface area contributed by atoms with Gasteiger partial charge < -0.3 is 9.47 Å². The maximum absolute atomic E-state index is 5.58. The highest BCUT2D eigenvalue weighted by Gasteiger charge is 2.29. The summed E-state index contributed by atoms with van der Waals surface area (Å²) >= 11 is 0. The lowest BCUT2D eigenvalue weighted by Crippen LogP contribution is -2.40. The van der Waals surface area contributed by atoms with E-state index in [1.807, 2.05) is 13.8 Å². The molecule has 1 aromatic rings. The topological polar surface area (TPSA) is 49.2 Å². The van der Waals surface area contributed by atoms with E-state index in [0.29, 0.717) is 13.2 Å². The van der Waals surface area contributed by atoms with Gasteiger partial charge in [-0.2, -0.15) is 0 Å². The number of nitrogens with zero attached hydrogens (tertiary/aromatic N) is 3. The third-order valence-corrected chi connectivity index (χ3v) is 1.94. The molecule has 1 aliphatic rings. The predicted molar refractivity (Wildman–Crippen MR) is 43.9 cm³/mol. The van der Waals surface area contributed by atoms with Crippen LogP contribution in [-0.2, 0) is 9.47 Å². The third kappa shape index (κ3) is 1.87. The standard InChI is InChI=1S/C8H12N3O2/c1-8(2)4-12-7(3-13-8)11-5-9-10-6-11/h5,7H,3-4H2,1-2H3. The molecule has 1 unspecified atom stereocenters. The number of ether oxygens (including phenoxy) is 2. The molecule has 5 heteroatoms. The van der Waals surface area contributed by atoms with Gasteiger partial charge in [0.15, 0.2) is 6.23 Å². The highest BCUT2D eigenvalue weighted by atomic mass is 16.6. The summed E-state index contributed by atoms with van der Waals surface area (Å²) in [6.07, 6.45) is 4.12. The zero-order valence-electron chi connectivity index (χ0n) is 7.73. The molecule has 1 radical (unpaired) electrons. The normalized spacial score (nSPS) is 27.4. The molecule has 0 saturated carbocycles. The quantitative estimate of drug-likeness (QED) is 0.631. The second kappa shape index (κ2) is 3.08. The van der Waals surface area contributed by atoms with Gasteiger partial charge in [0.05, 0.1) is 18.8 Å². The van der Waals surface area contributed by atoms with Crippen molar-refractivity contribution in [3.05, 3.63) is 12.7 Å². The lowest BCUT2D eigenvalue weighted by molar-refractivity contribution is -0.198. The Labute approximate surface area is 76.7 Å². The second-order valence-corrected chi connectivity index (χ2v) is 3.67. The summed E-state index contributed by atoms with van der Waals surface area (Å²) in [5, 5.41) is 7.24. The molecule has 1 atom stereocenters. The largest absolute Gasteiger partial charge is 0.368 e. The molecule has 71 valence electrons. The van der Waals surface area contributed by atoms with Crippen LogP contribution in [0.2, 0.25) is 0 Å². The number of hydrogen-bond donors (Lipinski definition) is 0. The highest BCUT2D eigenvalue weighted by molar-refractivity contribution is 4.75. The van der Waals surface area contributed by atoms with Crippen LogP contribution in [0.5, 0.6) is 0 Å². The minimum Gasteiger partial charge on any atom is -0.368 e. The Morgan fingerprint density at radius 2 is 2.46 bits per heavy atom. The molecule has 2 heterocycles. The molecule has 0 bridgehead atoms. The molecule has 2 rings (SSSR count). The van der Waals surface area contributed by atoms with Crippen LogP contribution in [0.3, 0.4) is 0 Å². The fraction of sp³-hybridized carbons (Fsp3) is 0.750. The highest BCUT2D eigenvalue weighted by Crippen LogP contribution is 2.22. The lowest BCUT2D eigenvalue weighted by Gasteiger charge is -2.34. The molecule has 5 nitrogen and oxygen atoms in total. The summed E-state index contributed by atoms with van der Waals surface area (Å²) in [5.74, 6) is 0. The lowest BCUT2D eigenvalue weighted by atomic mass is 10.1. The van der Waals surface area contributed by atoms with E-state index in [-0.39, 0.29) is 11.8 Å². The minimum atomic E-state index is -0.190. The molecule has 1 aliphatic heterocycles. The average Bonchev–Trinajstić information content (AvgIpc) is 2.56. The molecule has 1 saturated heterocycles. The molecule has 0 aromatic carbocycles. The van der Waals surface area contributed by atoms with Crippen LogP contribution in [0.4, 0.5) is 0 Å². The van der Waals surface area contributed by atoms with E-state index >= 15 is 0 Å². The fourth-order valence-electron chi connectivity index (χ4n) is 1.17. The number of aromatic nitrogens is 3. The summed E-state index contributed by atoms with van der Waals surface area (Å²) in [7, 11) is 0. The van der Waals surface area contributed by atoms with Crippen LogP contribution in [0.15, 0.2) is 6.33 Å². The van der Waals surface area contributed by atoms with Gasteiger partial charge >= 0.3 is 0 Å². The molecular formula is C8H12N3O2. The maximum Gasteiger partial charge on any atom is 0.204 e. The summed E-state index contributed by atoms with van der Waals surface area (Å²) in [6, 6.07) is 0. The van der Waals surface area contributed by atoms with E-state index < -0.39 is 0 Å². The van der Waals surface area contributed by atoms with E-state index in [9.17, 15) is 0 Å². The van der Waals surface area contributed by atoms with Crippen molar-refractivity contribution in [2.75, 3.05) is 13.2 Å². The van der Waals surface area contributed by atoms with E-state index in [1.54, 1.807) is 10.9 Å². The first-order valence-electron chi connectivity index (χ1n) is 4.20. The third-order valence-electron chi connectivity index (χ3n) is 1.94. The Hall–Kier alpha value is -0.940. The van der Waals surface area contributed by atoms with Gasteiger partial charge in [-0.1, -0.05) is 0 Å². The van der Waals surface area contributed by atoms with Gasteiger partial charge in [-0.15, -0.1) is 10.2 Å². The van der Waals surface area contributed by atoms with Crippen molar-refractivity contribution in [1.29, 1.82) is 0 Å². The van der Waals surface area contributed by atoms with E-state index in [4.69, 9.17) is 9.47 Å². The molecule has 13 heavy (non-hydrogen) atoms. The smallest absolute Gasteiger partial charge is 0.204 e. The Bertz CT molecular complexity index is 261. The molecule has 0 amide bonds. The van der Waals surface area contributed by atoms with Crippen molar-refractivity contribution in [2.24, 2.45) is 0 Å². The Balaban J connectivity index is 1.99. The van der Waals surface area contributed by atoms with Gasteiger partial charge in [0.1, 0.15) is 6.33 Å². The van der Waals surface area contributed by atoms with E-state index in [1.165, 1.54) is 0 Å². The van der Waals surface area contributed by atoms with Gasteiger partial charge in [-0.25, -0.2) is 0 Å². The maximum atomic E-state index is 5.58. The Morgan fingerprint density at radius 3 is 3.00 bits per heavy atom. The zero-order chi connectivity index (χ0) is 9.31. The summed E-state index contributed by atoms with van der Waals surface area (Å²) in [4.78, 5) is 0. The monoisotopic (exact) mass is 182 g/mol. The van der Waals surface area contributed by atoms with Crippen LogP contribution in [-0.4, -0.2) is 33.6 Å². The first kappa shape index (κ1) is 8.65. The van der Waals surface area contributed by atoms with Crippen molar-refractivity contribution in [1.82, 2.24) is 14.8 Å². The van der Waals surface area contributed by atoms with E-state index in [0.717, 1.165) is 0 Å². The van der Waals surface area contributed by atoms with Crippen LogP contribution in [0.1, 0.15) is 20.1 Å². The van der Waals surface area contributed by atoms with Crippen LogP contribution >= 0.6 is 0 Å². The Kier molecular flexibility index (Phi) is 2.05. The van der Waals surface area contributed by atoms with Gasteiger partial charge in [-0.3, -0.25) is 4.57 Å². The first-order chi connectivity index (χ1) is 6.17. The summed E-state index contributed by atoms with van der Waals surface area (Å²) in [6.45, 7) is 5.09. The molecule has 1 fully saturated rings. The SMILES string of the molecule is CC1(C)COC(n2[c]nnc2)CO1. The van der Waals surface area contributed by atoms with Gasteiger partial charge in [0, 0.05) is 0 Å². The average molecular weight is 182 g/mol. The van der Waals surface area contributed by atoms with Gasteiger partial charge in [-0.05, 0) is 13.8 Å². The van der Waals surface area contributed by atoms with Crippen molar-refractivity contribution >= 4 is 0 Å². The van der Waals surface area contributed by atoms with E-state index in [2.05, 4.69) is 16.5 Å². The van der Waals surface area contributed by atoms with Gasteiger partial charge in [0.2, 0.25) is 6.33 Å². The summed E-state index contributed by atoms with van der Waals surface area (Å²) < 4.78 is 12.8. The van der Waals surface area contributed by atoms with Crippen molar-refractivity contribution in [3.8, 4) is 0 Å². The van der Waals surface area contributed by atoms with Gasteiger partial charge in [0.25, 0.3) is 0 Å². The van der Waals surface area contributed by atoms with Crippen molar-refractivity contribution < 1.29 is 9.47 Å². The Morgan fingerprint density at radius 1 is 1.62 bits per heavy atom. The number of rotatable bonds is 1. The number of hydrogen-bond acceptors (Lipinski definition) is 4. The van der Waals surface area contributed by atoms with Crippen LogP contribution < -0.4 is 0 Å². The fourth-order valence-corrected chi connectivity index (χ4v) is 1.17. The van der Waals surface area contributed by atoms with Crippen LogP contribution in [0.25, 0.3) is 0 Å². The molecular weight excluding hydrogens is 170 g/mol. The molecule has 0 N–H and O–H groups in total.